The third-order valence-electron chi connectivity index (χ3n) is 4.26. The van der Waals surface area contributed by atoms with E-state index in [0.717, 1.165) is 11.1 Å². The van der Waals surface area contributed by atoms with Gasteiger partial charge in [-0.15, -0.1) is 0 Å². The molecular weight excluding hydrogens is 354 g/mol. The number of hydrogen-bond donors (Lipinski definition) is 1. The van der Waals surface area contributed by atoms with E-state index in [-0.39, 0.29) is 23.4 Å². The molecule has 0 aliphatic carbocycles. The molecule has 0 bridgehead atoms. The molecule has 0 spiro atoms. The highest BCUT2D eigenvalue weighted by Crippen LogP contribution is 2.15. The molecule has 2 aromatic carbocycles. The average molecular weight is 371 g/mol. The molecule has 0 unspecified atom stereocenters. The molecule has 1 amide bonds. The van der Waals surface area contributed by atoms with Crippen molar-refractivity contribution < 1.29 is 4.79 Å². The van der Waals surface area contributed by atoms with Crippen LogP contribution in [0.25, 0.3) is 22.4 Å². The average Bonchev–Trinajstić information content (AvgIpc) is 2.75. The molecule has 4 aromatic rings. The maximum atomic E-state index is 12.6. The predicted molar refractivity (Wildman–Crippen MR) is 105 cm³/mol. The molecule has 138 valence electrons. The van der Waals surface area contributed by atoms with Gasteiger partial charge in [0.25, 0.3) is 5.56 Å². The van der Waals surface area contributed by atoms with Gasteiger partial charge in [-0.3, -0.25) is 14.2 Å². The number of amides is 1. The normalized spacial score (nSPS) is 10.7. The second-order valence-electron chi connectivity index (χ2n) is 6.24. The summed E-state index contributed by atoms with van der Waals surface area (Å²) in [6, 6.07) is 19.0. The standard InChI is InChI=1S/C21H17N5O2/c27-18(22-11-15-7-3-1-4-8-15)13-26-14-24-20-17(21(26)28)12-23-19(25-20)16-9-5-2-6-10-16/h1-10,12,14H,11,13H2,(H,22,27). The third-order valence-corrected chi connectivity index (χ3v) is 4.26. The van der Waals surface area contributed by atoms with E-state index in [1.807, 2.05) is 60.7 Å². The SMILES string of the molecule is O=C(Cn1cnc2nc(-c3ccccc3)ncc2c1=O)NCc1ccccc1. The molecular formula is C21H17N5O2. The van der Waals surface area contributed by atoms with Crippen molar-refractivity contribution >= 4 is 16.9 Å². The number of nitrogens with zero attached hydrogens (tertiary/aromatic N) is 4. The zero-order valence-electron chi connectivity index (χ0n) is 14.9. The van der Waals surface area contributed by atoms with Crippen LogP contribution in [-0.2, 0) is 17.9 Å². The Bertz CT molecular complexity index is 1170. The van der Waals surface area contributed by atoms with Gasteiger partial charge in [-0.2, -0.15) is 0 Å². The molecule has 0 aliphatic rings. The lowest BCUT2D eigenvalue weighted by molar-refractivity contribution is -0.121. The lowest BCUT2D eigenvalue weighted by Crippen LogP contribution is -2.32. The van der Waals surface area contributed by atoms with E-state index in [2.05, 4.69) is 20.3 Å². The highest BCUT2D eigenvalue weighted by molar-refractivity contribution is 5.77. The minimum Gasteiger partial charge on any atom is -0.350 e. The Kier molecular flexibility index (Phi) is 4.88. The summed E-state index contributed by atoms with van der Waals surface area (Å²) in [7, 11) is 0. The number of carbonyl (C=O) groups excluding carboxylic acids is 1. The molecule has 4 rings (SSSR count). The Labute approximate surface area is 160 Å². The summed E-state index contributed by atoms with van der Waals surface area (Å²) in [5, 5.41) is 3.07. The van der Waals surface area contributed by atoms with E-state index in [1.54, 1.807) is 0 Å². The van der Waals surface area contributed by atoms with Gasteiger partial charge in [-0.25, -0.2) is 15.0 Å². The van der Waals surface area contributed by atoms with Crippen molar-refractivity contribution in [3.63, 3.8) is 0 Å². The molecule has 2 aromatic heterocycles. The molecule has 7 nitrogen and oxygen atoms in total. The van der Waals surface area contributed by atoms with E-state index >= 15 is 0 Å². The van der Waals surface area contributed by atoms with Gasteiger partial charge in [0.05, 0.1) is 0 Å². The van der Waals surface area contributed by atoms with E-state index in [9.17, 15) is 9.59 Å². The summed E-state index contributed by atoms with van der Waals surface area (Å²) < 4.78 is 1.26. The smallest absolute Gasteiger partial charge is 0.264 e. The van der Waals surface area contributed by atoms with Crippen molar-refractivity contribution in [3.05, 3.63) is 89.1 Å². The molecule has 28 heavy (non-hydrogen) atoms. The van der Waals surface area contributed by atoms with Crippen LogP contribution in [0.3, 0.4) is 0 Å². The fourth-order valence-corrected chi connectivity index (χ4v) is 2.80. The summed E-state index contributed by atoms with van der Waals surface area (Å²) >= 11 is 0. The Morgan fingerprint density at radius 2 is 1.68 bits per heavy atom. The van der Waals surface area contributed by atoms with Crippen LogP contribution >= 0.6 is 0 Å². The molecule has 0 atom stereocenters. The highest BCUT2D eigenvalue weighted by Gasteiger charge is 2.11. The molecule has 7 heteroatoms. The van der Waals surface area contributed by atoms with E-state index in [0.29, 0.717) is 18.0 Å². The topological polar surface area (TPSA) is 89.8 Å². The summed E-state index contributed by atoms with van der Waals surface area (Å²) in [5.41, 5.74) is 1.79. The number of hydrogen-bond acceptors (Lipinski definition) is 5. The van der Waals surface area contributed by atoms with Gasteiger partial charge in [-0.05, 0) is 5.56 Å². The number of nitrogens with one attached hydrogen (secondary N) is 1. The van der Waals surface area contributed by atoms with Gasteiger partial charge in [0.15, 0.2) is 11.5 Å². The van der Waals surface area contributed by atoms with E-state index < -0.39 is 0 Å². The quantitative estimate of drug-likeness (QED) is 0.581. The molecule has 0 saturated carbocycles. The van der Waals surface area contributed by atoms with Crippen molar-refractivity contribution in [3.8, 4) is 11.4 Å². The van der Waals surface area contributed by atoms with Crippen LogP contribution in [-0.4, -0.2) is 25.4 Å². The Balaban J connectivity index is 1.53. The Morgan fingerprint density at radius 1 is 0.964 bits per heavy atom. The van der Waals surface area contributed by atoms with Crippen molar-refractivity contribution in [2.24, 2.45) is 0 Å². The van der Waals surface area contributed by atoms with Crippen LogP contribution in [0.5, 0.6) is 0 Å². The zero-order valence-corrected chi connectivity index (χ0v) is 14.9. The van der Waals surface area contributed by atoms with Crippen LogP contribution in [0.2, 0.25) is 0 Å². The maximum Gasteiger partial charge on any atom is 0.264 e. The number of carbonyl (C=O) groups is 1. The minimum absolute atomic E-state index is 0.116. The fraction of sp³-hybridized carbons (Fsp3) is 0.0952. The van der Waals surface area contributed by atoms with E-state index in [1.165, 1.54) is 17.1 Å². The monoisotopic (exact) mass is 371 g/mol. The number of rotatable bonds is 5. The Morgan fingerprint density at radius 3 is 2.43 bits per heavy atom. The van der Waals surface area contributed by atoms with Gasteiger partial charge in [-0.1, -0.05) is 60.7 Å². The third kappa shape index (κ3) is 3.78. The fourth-order valence-electron chi connectivity index (χ4n) is 2.80. The first-order valence-electron chi connectivity index (χ1n) is 8.79. The minimum atomic E-state index is -0.348. The maximum absolute atomic E-state index is 12.6. The first-order valence-corrected chi connectivity index (χ1v) is 8.79. The predicted octanol–water partition coefficient (Wildman–Crippen LogP) is 2.17. The molecule has 0 fully saturated rings. The summed E-state index contributed by atoms with van der Waals surface area (Å²) in [6.07, 6.45) is 2.80. The number of benzene rings is 2. The molecule has 0 aliphatic heterocycles. The van der Waals surface area contributed by atoms with E-state index in [4.69, 9.17) is 0 Å². The highest BCUT2D eigenvalue weighted by atomic mass is 16.2. The zero-order chi connectivity index (χ0) is 19.3. The summed E-state index contributed by atoms with van der Waals surface area (Å²) in [5.74, 6) is 0.229. The van der Waals surface area contributed by atoms with Gasteiger partial charge in [0.2, 0.25) is 5.91 Å². The second-order valence-corrected chi connectivity index (χ2v) is 6.24. The lowest BCUT2D eigenvalue weighted by Gasteiger charge is -2.08. The molecule has 0 radical (unpaired) electrons. The lowest BCUT2D eigenvalue weighted by atomic mass is 10.2. The first-order chi connectivity index (χ1) is 13.7. The second kappa shape index (κ2) is 7.79. The van der Waals surface area contributed by atoms with Gasteiger partial charge in [0.1, 0.15) is 18.3 Å². The van der Waals surface area contributed by atoms with Crippen LogP contribution in [0.15, 0.2) is 78.0 Å². The Hall–Kier alpha value is -3.87. The van der Waals surface area contributed by atoms with Crippen LogP contribution in [0.4, 0.5) is 0 Å². The summed E-state index contributed by atoms with van der Waals surface area (Å²) in [4.78, 5) is 37.7. The number of fused-ring (bicyclic) bond motifs is 1. The van der Waals surface area contributed by atoms with Crippen LogP contribution in [0, 0.1) is 0 Å². The van der Waals surface area contributed by atoms with Crippen LogP contribution < -0.4 is 10.9 Å². The van der Waals surface area contributed by atoms with Gasteiger partial charge in [0, 0.05) is 18.3 Å². The molecule has 1 N–H and O–H groups in total. The molecule has 0 saturated heterocycles. The van der Waals surface area contributed by atoms with Crippen LogP contribution in [0.1, 0.15) is 5.56 Å². The summed E-state index contributed by atoms with van der Waals surface area (Å²) in [6.45, 7) is 0.286. The largest absolute Gasteiger partial charge is 0.350 e. The van der Waals surface area contributed by atoms with Gasteiger partial charge < -0.3 is 5.32 Å². The van der Waals surface area contributed by atoms with Gasteiger partial charge >= 0.3 is 0 Å². The first kappa shape index (κ1) is 17.5. The van der Waals surface area contributed by atoms with Crippen molar-refractivity contribution in [1.82, 2.24) is 24.8 Å². The van der Waals surface area contributed by atoms with Crippen molar-refractivity contribution in [1.29, 1.82) is 0 Å². The van der Waals surface area contributed by atoms with Crippen molar-refractivity contribution in [2.45, 2.75) is 13.1 Å². The number of aromatic nitrogens is 4. The molecule has 2 heterocycles. The van der Waals surface area contributed by atoms with Crippen molar-refractivity contribution in [2.75, 3.05) is 0 Å².